The molecule has 0 spiro atoms. The van der Waals surface area contributed by atoms with Crippen LogP contribution in [0.2, 0.25) is 0 Å². The Morgan fingerprint density at radius 2 is 2.08 bits per heavy atom. The lowest BCUT2D eigenvalue weighted by Gasteiger charge is -2.21. The second-order valence-electron chi connectivity index (χ2n) is 5.72. The molecule has 2 rings (SSSR count). The fourth-order valence-electron chi connectivity index (χ4n) is 2.67. The summed E-state index contributed by atoms with van der Waals surface area (Å²) in [7, 11) is 1.33. The van der Waals surface area contributed by atoms with Crippen molar-refractivity contribution >= 4 is 17.4 Å². The average molecular weight is 329 g/mol. The molecule has 1 aromatic carbocycles. The first-order chi connectivity index (χ1) is 11.6. The summed E-state index contributed by atoms with van der Waals surface area (Å²) in [6.07, 6.45) is 11.3. The molecule has 4 heteroatoms. The van der Waals surface area contributed by atoms with Crippen LogP contribution in [0.4, 0.5) is 14.9 Å². The predicted octanol–water partition coefficient (Wildman–Crippen LogP) is 5.34. The first-order valence-electron chi connectivity index (χ1n) is 8.32. The highest BCUT2D eigenvalue weighted by atomic mass is 19.1. The molecule has 128 valence electrons. The number of hydrogen-bond donors (Lipinski definition) is 0. The van der Waals surface area contributed by atoms with Crippen molar-refractivity contribution in [1.82, 2.24) is 0 Å². The molecule has 1 aliphatic rings. The standard InChI is InChI=1S/C20H24FNO2/c1-4-13-22(20(23)24-3)17-11-12-18(19(21)14-17)16-8-6-7-15(5-2)9-10-16/h6-12,14-15H,4-5,13H2,1-3H3. The molecule has 0 radical (unpaired) electrons. The molecule has 1 aromatic rings. The molecule has 0 saturated carbocycles. The summed E-state index contributed by atoms with van der Waals surface area (Å²) in [5, 5.41) is 0. The fraction of sp³-hybridized carbons (Fsp3) is 0.350. The van der Waals surface area contributed by atoms with E-state index in [1.807, 2.05) is 25.2 Å². The zero-order valence-electron chi connectivity index (χ0n) is 14.5. The molecule has 0 N–H and O–H groups in total. The van der Waals surface area contributed by atoms with Crippen LogP contribution in [0.3, 0.4) is 0 Å². The molecule has 0 fully saturated rings. The lowest BCUT2D eigenvalue weighted by Crippen LogP contribution is -2.31. The minimum atomic E-state index is -0.480. The lowest BCUT2D eigenvalue weighted by molar-refractivity contribution is 0.178. The second kappa shape index (κ2) is 8.48. The van der Waals surface area contributed by atoms with E-state index < -0.39 is 6.09 Å². The summed E-state index contributed by atoms with van der Waals surface area (Å²) in [6.45, 7) is 4.56. The van der Waals surface area contributed by atoms with Crippen molar-refractivity contribution in [2.24, 2.45) is 5.92 Å². The highest BCUT2D eigenvalue weighted by Gasteiger charge is 2.17. The monoisotopic (exact) mass is 329 g/mol. The minimum Gasteiger partial charge on any atom is -0.452 e. The van der Waals surface area contributed by atoms with Gasteiger partial charge in [0.05, 0.1) is 7.11 Å². The van der Waals surface area contributed by atoms with Crippen LogP contribution in [0.1, 0.15) is 32.3 Å². The third kappa shape index (κ3) is 4.13. The van der Waals surface area contributed by atoms with E-state index in [9.17, 15) is 9.18 Å². The summed E-state index contributed by atoms with van der Waals surface area (Å²) in [5.41, 5.74) is 1.86. The van der Waals surface area contributed by atoms with Gasteiger partial charge in [0.1, 0.15) is 5.82 Å². The number of anilines is 1. The molecule has 0 saturated heterocycles. The number of benzene rings is 1. The molecule has 1 aliphatic carbocycles. The maximum absolute atomic E-state index is 14.6. The topological polar surface area (TPSA) is 29.5 Å². The van der Waals surface area contributed by atoms with Gasteiger partial charge in [-0.2, -0.15) is 0 Å². The van der Waals surface area contributed by atoms with Crippen LogP contribution in [-0.2, 0) is 4.74 Å². The SMILES string of the molecule is CCCN(C(=O)OC)c1ccc(C2=CC=CC(CC)C=C2)c(F)c1. The smallest absolute Gasteiger partial charge is 0.413 e. The Balaban J connectivity index is 2.31. The molecule has 0 aromatic heterocycles. The Labute approximate surface area is 143 Å². The zero-order valence-corrected chi connectivity index (χ0v) is 14.5. The molecular formula is C20H24FNO2. The van der Waals surface area contributed by atoms with Gasteiger partial charge in [-0.05, 0) is 42.5 Å². The van der Waals surface area contributed by atoms with Crippen molar-refractivity contribution in [3.63, 3.8) is 0 Å². The Bertz CT molecular complexity index is 676. The summed E-state index contributed by atoms with van der Waals surface area (Å²) < 4.78 is 19.4. The Kier molecular flexibility index (Phi) is 6.36. The molecule has 1 amide bonds. The van der Waals surface area contributed by atoms with Gasteiger partial charge in [-0.15, -0.1) is 0 Å². The summed E-state index contributed by atoms with van der Waals surface area (Å²) >= 11 is 0. The predicted molar refractivity (Wildman–Crippen MR) is 96.5 cm³/mol. The lowest BCUT2D eigenvalue weighted by atomic mass is 10.0. The van der Waals surface area contributed by atoms with E-state index in [1.54, 1.807) is 12.1 Å². The van der Waals surface area contributed by atoms with E-state index in [1.165, 1.54) is 18.1 Å². The fourth-order valence-corrected chi connectivity index (χ4v) is 2.67. The van der Waals surface area contributed by atoms with Gasteiger partial charge in [0.25, 0.3) is 0 Å². The number of nitrogens with zero attached hydrogens (tertiary/aromatic N) is 1. The van der Waals surface area contributed by atoms with E-state index in [2.05, 4.69) is 19.1 Å². The van der Waals surface area contributed by atoms with E-state index in [0.717, 1.165) is 18.4 Å². The van der Waals surface area contributed by atoms with Crippen LogP contribution in [0.5, 0.6) is 0 Å². The number of halogens is 1. The summed E-state index contributed by atoms with van der Waals surface area (Å²) in [4.78, 5) is 13.3. The minimum absolute atomic E-state index is 0.350. The van der Waals surface area contributed by atoms with Gasteiger partial charge in [0, 0.05) is 17.8 Å². The maximum Gasteiger partial charge on any atom is 0.413 e. The van der Waals surface area contributed by atoms with Gasteiger partial charge in [0.2, 0.25) is 0 Å². The van der Waals surface area contributed by atoms with E-state index in [-0.39, 0.29) is 5.82 Å². The normalized spacial score (nSPS) is 16.5. The van der Waals surface area contributed by atoms with Crippen LogP contribution in [0, 0.1) is 11.7 Å². The zero-order chi connectivity index (χ0) is 17.5. The third-order valence-electron chi connectivity index (χ3n) is 4.05. The number of ether oxygens (including phenoxy) is 1. The first-order valence-corrected chi connectivity index (χ1v) is 8.32. The largest absolute Gasteiger partial charge is 0.452 e. The molecule has 0 aliphatic heterocycles. The highest BCUT2D eigenvalue weighted by molar-refractivity contribution is 5.88. The van der Waals surface area contributed by atoms with Crippen LogP contribution in [-0.4, -0.2) is 19.7 Å². The number of rotatable bonds is 5. The third-order valence-corrected chi connectivity index (χ3v) is 4.05. The Hall–Kier alpha value is -2.36. The number of hydrogen-bond acceptors (Lipinski definition) is 2. The van der Waals surface area contributed by atoms with Crippen molar-refractivity contribution in [3.05, 3.63) is 60.0 Å². The molecular weight excluding hydrogens is 305 g/mol. The van der Waals surface area contributed by atoms with Crippen molar-refractivity contribution in [1.29, 1.82) is 0 Å². The van der Waals surface area contributed by atoms with Crippen LogP contribution < -0.4 is 4.90 Å². The molecule has 0 bridgehead atoms. The average Bonchev–Trinajstić information content (AvgIpc) is 2.84. The first kappa shape index (κ1) is 18.0. The van der Waals surface area contributed by atoms with Crippen LogP contribution in [0.15, 0.2) is 48.6 Å². The van der Waals surface area contributed by atoms with Gasteiger partial charge >= 0.3 is 6.09 Å². The number of allylic oxidation sites excluding steroid dienone is 6. The molecule has 1 unspecified atom stereocenters. The van der Waals surface area contributed by atoms with Gasteiger partial charge in [-0.3, -0.25) is 4.90 Å². The Morgan fingerprint density at radius 3 is 2.71 bits per heavy atom. The van der Waals surface area contributed by atoms with Gasteiger partial charge in [-0.1, -0.05) is 44.2 Å². The molecule has 3 nitrogen and oxygen atoms in total. The van der Waals surface area contributed by atoms with E-state index in [4.69, 9.17) is 4.74 Å². The Morgan fingerprint density at radius 1 is 1.29 bits per heavy atom. The number of carbonyl (C=O) groups is 1. The molecule has 24 heavy (non-hydrogen) atoms. The second-order valence-corrected chi connectivity index (χ2v) is 5.72. The highest BCUT2D eigenvalue weighted by Crippen LogP contribution is 2.27. The molecule has 1 atom stereocenters. The number of methoxy groups -OCH3 is 1. The van der Waals surface area contributed by atoms with E-state index in [0.29, 0.717) is 23.7 Å². The number of carbonyl (C=O) groups excluding carboxylic acids is 1. The maximum atomic E-state index is 14.6. The van der Waals surface area contributed by atoms with Gasteiger partial charge in [-0.25, -0.2) is 9.18 Å². The van der Waals surface area contributed by atoms with Crippen molar-refractivity contribution in [2.75, 3.05) is 18.6 Å². The summed E-state index contributed by atoms with van der Waals surface area (Å²) in [6, 6.07) is 4.86. The van der Waals surface area contributed by atoms with Crippen LogP contribution >= 0.6 is 0 Å². The van der Waals surface area contributed by atoms with E-state index >= 15 is 0 Å². The van der Waals surface area contributed by atoms with Crippen molar-refractivity contribution < 1.29 is 13.9 Å². The molecule has 0 heterocycles. The van der Waals surface area contributed by atoms with Gasteiger partial charge in [0.15, 0.2) is 0 Å². The summed E-state index contributed by atoms with van der Waals surface area (Å²) in [5.74, 6) is 0.0252. The van der Waals surface area contributed by atoms with Gasteiger partial charge < -0.3 is 4.74 Å². The quantitative estimate of drug-likeness (QED) is 0.729. The van der Waals surface area contributed by atoms with Crippen molar-refractivity contribution in [3.8, 4) is 0 Å². The van der Waals surface area contributed by atoms with Crippen molar-refractivity contribution in [2.45, 2.75) is 26.7 Å². The van der Waals surface area contributed by atoms with Crippen LogP contribution in [0.25, 0.3) is 5.57 Å². The number of amides is 1.